The molecule has 1 fully saturated rings. The van der Waals surface area contributed by atoms with Crippen LogP contribution in [0.25, 0.3) is 0 Å². The van der Waals surface area contributed by atoms with E-state index in [0.29, 0.717) is 13.0 Å². The summed E-state index contributed by atoms with van der Waals surface area (Å²) < 4.78 is 4.68. The van der Waals surface area contributed by atoms with Crippen molar-refractivity contribution in [2.24, 2.45) is 5.84 Å². The number of nitrogens with one attached hydrogen (secondary N) is 1. The maximum absolute atomic E-state index is 10.5. The maximum Gasteiger partial charge on any atom is 0.307 e. The molecule has 0 aromatic rings. The van der Waals surface area contributed by atoms with Gasteiger partial charge in [-0.05, 0) is 6.42 Å². The van der Waals surface area contributed by atoms with Gasteiger partial charge in [-0.25, -0.2) is 0 Å². The van der Waals surface area contributed by atoms with Crippen LogP contribution in [0.3, 0.4) is 0 Å². The van der Waals surface area contributed by atoms with E-state index in [0.717, 1.165) is 6.42 Å². The Morgan fingerprint density at radius 1 is 1.78 bits per heavy atom. The number of carbonyl (C=O) groups is 1. The van der Waals surface area contributed by atoms with Crippen LogP contribution in [0.2, 0.25) is 0 Å². The quantitative estimate of drug-likeness (QED) is 0.276. The molecular formula is C5H10N2O2. The number of esters is 1. The number of nitrogens with two attached hydrogens (primary N) is 1. The first kappa shape index (κ1) is 6.51. The molecule has 1 atom stereocenters. The van der Waals surface area contributed by atoms with Gasteiger partial charge in [0.25, 0.3) is 0 Å². The molecule has 0 aromatic heterocycles. The number of rotatable bonds is 1. The first-order valence-corrected chi connectivity index (χ1v) is 2.94. The number of hydrogen-bond donors (Lipinski definition) is 2. The van der Waals surface area contributed by atoms with Crippen molar-refractivity contribution >= 4 is 5.97 Å². The van der Waals surface area contributed by atoms with Gasteiger partial charge in [0.1, 0.15) is 0 Å². The minimum atomic E-state index is -0.163. The molecule has 0 aliphatic carbocycles. The lowest BCUT2D eigenvalue weighted by molar-refractivity contribution is -0.147. The van der Waals surface area contributed by atoms with Gasteiger partial charge in [0.15, 0.2) is 0 Å². The van der Waals surface area contributed by atoms with Crippen molar-refractivity contribution in [3.63, 3.8) is 0 Å². The molecule has 0 bridgehead atoms. The summed E-state index contributed by atoms with van der Waals surface area (Å²) >= 11 is 0. The number of carbonyl (C=O) groups excluding carboxylic acids is 1. The van der Waals surface area contributed by atoms with E-state index >= 15 is 0 Å². The van der Waals surface area contributed by atoms with Gasteiger partial charge >= 0.3 is 5.97 Å². The third-order valence-corrected chi connectivity index (χ3v) is 1.38. The third-order valence-electron chi connectivity index (χ3n) is 1.38. The molecule has 52 valence electrons. The molecule has 1 aliphatic heterocycles. The summed E-state index contributed by atoms with van der Waals surface area (Å²) in [6, 6.07) is 0.117. The highest BCUT2D eigenvalue weighted by Crippen LogP contribution is 2.05. The molecule has 0 amide bonds. The van der Waals surface area contributed by atoms with E-state index in [-0.39, 0.29) is 12.0 Å². The monoisotopic (exact) mass is 130 g/mol. The number of hydrogen-bond acceptors (Lipinski definition) is 4. The van der Waals surface area contributed by atoms with E-state index in [1.165, 1.54) is 0 Å². The summed E-state index contributed by atoms with van der Waals surface area (Å²) in [5.41, 5.74) is 2.53. The second kappa shape index (κ2) is 2.80. The van der Waals surface area contributed by atoms with Gasteiger partial charge < -0.3 is 4.74 Å². The van der Waals surface area contributed by atoms with Crippen LogP contribution in [0.15, 0.2) is 0 Å². The Morgan fingerprint density at radius 3 is 3.00 bits per heavy atom. The molecular weight excluding hydrogens is 120 g/mol. The predicted molar refractivity (Wildman–Crippen MR) is 31.3 cm³/mol. The molecule has 1 saturated heterocycles. The fourth-order valence-corrected chi connectivity index (χ4v) is 0.819. The maximum atomic E-state index is 10.5. The van der Waals surface area contributed by atoms with Gasteiger partial charge in [-0.1, -0.05) is 0 Å². The summed E-state index contributed by atoms with van der Waals surface area (Å²) in [4.78, 5) is 10.5. The molecule has 1 rings (SSSR count). The molecule has 3 N–H and O–H groups in total. The van der Waals surface area contributed by atoms with E-state index in [2.05, 4.69) is 10.2 Å². The van der Waals surface area contributed by atoms with E-state index in [9.17, 15) is 4.79 Å². The summed E-state index contributed by atoms with van der Waals surface area (Å²) in [6.07, 6.45) is 1.22. The second-order valence-corrected chi connectivity index (χ2v) is 2.08. The normalized spacial score (nSPS) is 27.7. The standard InChI is InChI=1S/C5H10N2O2/c6-7-4-1-2-9-5(8)3-4/h4,7H,1-3,6H2. The highest BCUT2D eigenvalue weighted by atomic mass is 16.5. The van der Waals surface area contributed by atoms with Crippen molar-refractivity contribution in [3.05, 3.63) is 0 Å². The Labute approximate surface area is 53.3 Å². The van der Waals surface area contributed by atoms with Crippen molar-refractivity contribution in [3.8, 4) is 0 Å². The molecule has 1 aliphatic rings. The van der Waals surface area contributed by atoms with Crippen LogP contribution in [0, 0.1) is 0 Å². The van der Waals surface area contributed by atoms with Crippen molar-refractivity contribution in [2.45, 2.75) is 18.9 Å². The fraction of sp³-hybridized carbons (Fsp3) is 0.800. The molecule has 0 aromatic carbocycles. The smallest absolute Gasteiger partial charge is 0.307 e. The summed E-state index contributed by atoms with van der Waals surface area (Å²) in [7, 11) is 0. The van der Waals surface area contributed by atoms with Gasteiger partial charge in [-0.3, -0.25) is 16.1 Å². The number of hydrazine groups is 1. The second-order valence-electron chi connectivity index (χ2n) is 2.08. The molecule has 4 nitrogen and oxygen atoms in total. The molecule has 4 heteroatoms. The van der Waals surface area contributed by atoms with Crippen molar-refractivity contribution in [1.82, 2.24) is 5.43 Å². The van der Waals surface area contributed by atoms with Gasteiger partial charge in [-0.2, -0.15) is 0 Å². The van der Waals surface area contributed by atoms with Gasteiger partial charge in [0.05, 0.1) is 13.0 Å². The highest BCUT2D eigenvalue weighted by Gasteiger charge is 2.18. The zero-order valence-electron chi connectivity index (χ0n) is 5.09. The Bertz CT molecular complexity index is 116. The average molecular weight is 130 g/mol. The highest BCUT2D eigenvalue weighted by molar-refractivity contribution is 5.70. The largest absolute Gasteiger partial charge is 0.466 e. The van der Waals surface area contributed by atoms with Gasteiger partial charge in [0, 0.05) is 6.04 Å². The fourth-order valence-electron chi connectivity index (χ4n) is 0.819. The van der Waals surface area contributed by atoms with Crippen molar-refractivity contribution < 1.29 is 9.53 Å². The van der Waals surface area contributed by atoms with E-state index in [4.69, 9.17) is 5.84 Å². The predicted octanol–water partition coefficient (Wildman–Crippen LogP) is -0.845. The lowest BCUT2D eigenvalue weighted by Gasteiger charge is -2.19. The first-order chi connectivity index (χ1) is 4.33. The van der Waals surface area contributed by atoms with Gasteiger partial charge in [0.2, 0.25) is 0 Å². The zero-order valence-corrected chi connectivity index (χ0v) is 5.09. The van der Waals surface area contributed by atoms with Crippen LogP contribution in [0.5, 0.6) is 0 Å². The molecule has 1 heterocycles. The Balaban J connectivity index is 2.32. The van der Waals surface area contributed by atoms with Crippen LogP contribution in [-0.2, 0) is 9.53 Å². The SMILES string of the molecule is NNC1CCOC(=O)C1. The van der Waals surface area contributed by atoms with E-state index in [1.807, 2.05) is 0 Å². The lowest BCUT2D eigenvalue weighted by Crippen LogP contribution is -2.40. The first-order valence-electron chi connectivity index (χ1n) is 2.94. The lowest BCUT2D eigenvalue weighted by atomic mass is 10.1. The van der Waals surface area contributed by atoms with Crippen molar-refractivity contribution in [1.29, 1.82) is 0 Å². The van der Waals surface area contributed by atoms with Crippen LogP contribution in [0.1, 0.15) is 12.8 Å². The van der Waals surface area contributed by atoms with E-state index < -0.39 is 0 Å². The van der Waals surface area contributed by atoms with E-state index in [1.54, 1.807) is 0 Å². The zero-order chi connectivity index (χ0) is 6.69. The molecule has 0 spiro atoms. The van der Waals surface area contributed by atoms with Crippen LogP contribution < -0.4 is 11.3 Å². The minimum Gasteiger partial charge on any atom is -0.466 e. The Kier molecular flexibility index (Phi) is 2.02. The van der Waals surface area contributed by atoms with Crippen LogP contribution >= 0.6 is 0 Å². The summed E-state index contributed by atoms with van der Waals surface area (Å²) in [5.74, 6) is 4.94. The van der Waals surface area contributed by atoms with Crippen molar-refractivity contribution in [2.75, 3.05) is 6.61 Å². The molecule has 1 unspecified atom stereocenters. The Morgan fingerprint density at radius 2 is 2.56 bits per heavy atom. The summed E-state index contributed by atoms with van der Waals surface area (Å²) in [5, 5.41) is 0. The molecule has 0 radical (unpaired) electrons. The van der Waals surface area contributed by atoms with Gasteiger partial charge in [-0.15, -0.1) is 0 Å². The minimum absolute atomic E-state index is 0.117. The third kappa shape index (κ3) is 1.65. The van der Waals surface area contributed by atoms with Crippen LogP contribution in [0.4, 0.5) is 0 Å². The molecule has 0 saturated carbocycles. The topological polar surface area (TPSA) is 64.3 Å². The Hall–Kier alpha value is -0.610. The molecule has 9 heavy (non-hydrogen) atoms. The summed E-state index contributed by atoms with van der Waals surface area (Å²) in [6.45, 7) is 0.494. The number of ether oxygens (including phenoxy) is 1. The van der Waals surface area contributed by atoms with Crippen LogP contribution in [-0.4, -0.2) is 18.6 Å². The number of cyclic esters (lactones) is 1. The average Bonchev–Trinajstić information content (AvgIpc) is 1.88.